The van der Waals surface area contributed by atoms with E-state index in [-0.39, 0.29) is 44.0 Å². The lowest BCUT2D eigenvalue weighted by Gasteiger charge is -2.29. The Hall–Kier alpha value is -4.45. The summed E-state index contributed by atoms with van der Waals surface area (Å²) in [6.45, 7) is 3.10. The number of likely N-dealkylation sites (tertiary alicyclic amines) is 1. The first-order valence-corrected chi connectivity index (χ1v) is 14.5. The van der Waals surface area contributed by atoms with Gasteiger partial charge in [0.1, 0.15) is 12.7 Å². The van der Waals surface area contributed by atoms with Crippen LogP contribution in [0.2, 0.25) is 0 Å². The van der Waals surface area contributed by atoms with Crippen LogP contribution in [0.5, 0.6) is 29.0 Å². The van der Waals surface area contributed by atoms with Crippen LogP contribution >= 0.6 is 0 Å². The van der Waals surface area contributed by atoms with E-state index < -0.39 is 23.8 Å². The Balaban J connectivity index is 1.49. The highest BCUT2D eigenvalue weighted by Gasteiger charge is 2.47. The van der Waals surface area contributed by atoms with Gasteiger partial charge in [-0.25, -0.2) is 4.57 Å². The second kappa shape index (κ2) is 12.8. The fraction of sp³-hybridized carbons (Fsp3) is 0.452. The van der Waals surface area contributed by atoms with Crippen molar-refractivity contribution in [3.63, 3.8) is 0 Å². The van der Waals surface area contributed by atoms with Gasteiger partial charge in [0.2, 0.25) is 18.4 Å². The van der Waals surface area contributed by atoms with E-state index in [2.05, 4.69) is 6.92 Å². The molecule has 0 bridgehead atoms. The number of nitrogens with zero attached hydrogens (tertiary/aromatic N) is 4. The Bertz CT molecular complexity index is 1450. The number of carbonyl (C=O) groups is 2. The molecule has 1 fully saturated rings. The second-order valence-corrected chi connectivity index (χ2v) is 11.0. The van der Waals surface area contributed by atoms with Gasteiger partial charge in [-0.1, -0.05) is 13.3 Å². The third kappa shape index (κ3) is 6.19. The number of hydrogen-bond acceptors (Lipinski definition) is 8. The van der Waals surface area contributed by atoms with Crippen molar-refractivity contribution in [1.82, 2.24) is 9.47 Å². The minimum Gasteiger partial charge on any atom is -0.494 e. The molecule has 0 aliphatic carbocycles. The molecule has 12 heteroatoms. The van der Waals surface area contributed by atoms with E-state index in [1.165, 1.54) is 23.8 Å². The number of rotatable bonds is 12. The van der Waals surface area contributed by atoms with Gasteiger partial charge in [-0.15, -0.1) is 0 Å². The van der Waals surface area contributed by atoms with E-state index in [1.54, 1.807) is 17.0 Å². The van der Waals surface area contributed by atoms with Crippen LogP contribution in [-0.4, -0.2) is 76.2 Å². The Morgan fingerprint density at radius 3 is 2.60 bits per heavy atom. The highest BCUT2D eigenvalue weighted by atomic mass is 16.7. The van der Waals surface area contributed by atoms with Crippen LogP contribution in [-0.2, 0) is 23.2 Å². The van der Waals surface area contributed by atoms with Crippen LogP contribution < -0.4 is 23.7 Å². The number of methoxy groups -OCH3 is 1. The van der Waals surface area contributed by atoms with E-state index >= 15 is 0 Å². The molecule has 3 N–H and O–H groups in total. The van der Waals surface area contributed by atoms with E-state index in [9.17, 15) is 24.9 Å². The SMILES string of the molecule is CCCCN(C(=O)CN1C[C@H](c2cc(OC)c3c(c2)OCO3)[C@@H](C(=O)O)[C@@H]1CCn1c(O)ccc1O)c1ccc[n+](C)c1. The minimum atomic E-state index is -1.000. The first-order valence-electron chi connectivity index (χ1n) is 14.5. The summed E-state index contributed by atoms with van der Waals surface area (Å²) in [5, 5.41) is 31.1. The lowest BCUT2D eigenvalue weighted by molar-refractivity contribution is -0.670. The van der Waals surface area contributed by atoms with E-state index in [4.69, 9.17) is 14.2 Å². The van der Waals surface area contributed by atoms with Crippen LogP contribution in [0.25, 0.3) is 0 Å². The van der Waals surface area contributed by atoms with E-state index in [0.717, 1.165) is 18.5 Å². The molecule has 0 unspecified atom stereocenters. The molecule has 12 nitrogen and oxygen atoms in total. The van der Waals surface area contributed by atoms with Crippen LogP contribution in [0.1, 0.15) is 37.7 Å². The zero-order valence-corrected chi connectivity index (χ0v) is 24.7. The van der Waals surface area contributed by atoms with Gasteiger partial charge in [0.15, 0.2) is 35.7 Å². The fourth-order valence-corrected chi connectivity index (χ4v) is 6.20. The third-order valence-corrected chi connectivity index (χ3v) is 8.34. The lowest BCUT2D eigenvalue weighted by Crippen LogP contribution is -2.45. The Morgan fingerprint density at radius 1 is 1.16 bits per heavy atom. The highest BCUT2D eigenvalue weighted by Crippen LogP contribution is 2.47. The number of aryl methyl sites for hydroxylation is 1. The van der Waals surface area contributed by atoms with Crippen molar-refractivity contribution in [3.05, 3.63) is 54.4 Å². The van der Waals surface area contributed by atoms with E-state index in [0.29, 0.717) is 35.9 Å². The number of amides is 1. The number of anilines is 1. The quantitative estimate of drug-likeness (QED) is 0.270. The van der Waals surface area contributed by atoms with Crippen molar-refractivity contribution in [2.45, 2.75) is 44.7 Å². The topological polar surface area (TPSA) is 138 Å². The predicted molar refractivity (Wildman–Crippen MR) is 156 cm³/mol. The number of aromatic nitrogens is 2. The number of unbranched alkanes of at least 4 members (excludes halogenated alkanes) is 1. The normalized spacial score (nSPS) is 19.5. The van der Waals surface area contributed by atoms with Gasteiger partial charge in [-0.05, 0) is 36.6 Å². The van der Waals surface area contributed by atoms with E-state index in [1.807, 2.05) is 41.0 Å². The largest absolute Gasteiger partial charge is 0.494 e. The summed E-state index contributed by atoms with van der Waals surface area (Å²) in [6, 6.07) is 9.53. The molecule has 2 aliphatic heterocycles. The first-order chi connectivity index (χ1) is 20.7. The molecule has 2 aliphatic rings. The summed E-state index contributed by atoms with van der Waals surface area (Å²) >= 11 is 0. The molecule has 5 rings (SSSR count). The van der Waals surface area contributed by atoms with Crippen molar-refractivity contribution in [1.29, 1.82) is 0 Å². The smallest absolute Gasteiger partial charge is 0.308 e. The van der Waals surface area contributed by atoms with Crippen LogP contribution in [0.15, 0.2) is 48.8 Å². The molecule has 0 saturated carbocycles. The van der Waals surface area contributed by atoms with Crippen molar-refractivity contribution in [2.24, 2.45) is 13.0 Å². The summed E-state index contributed by atoms with van der Waals surface area (Å²) < 4.78 is 19.9. The number of carboxylic acids is 1. The Morgan fingerprint density at radius 2 is 1.93 bits per heavy atom. The number of benzene rings is 1. The Labute approximate surface area is 250 Å². The van der Waals surface area contributed by atoms with Crippen LogP contribution in [0.3, 0.4) is 0 Å². The number of pyridine rings is 1. The molecule has 1 amide bonds. The monoisotopic (exact) mass is 595 g/mol. The number of aromatic hydroxyl groups is 2. The molecule has 3 aromatic rings. The number of ether oxygens (including phenoxy) is 3. The fourth-order valence-electron chi connectivity index (χ4n) is 6.20. The Kier molecular flexibility index (Phi) is 8.95. The molecule has 0 radical (unpaired) electrons. The first kappa shape index (κ1) is 30.0. The van der Waals surface area contributed by atoms with Gasteiger partial charge >= 0.3 is 5.97 Å². The maximum absolute atomic E-state index is 14.0. The summed E-state index contributed by atoms with van der Waals surface area (Å²) in [6.07, 6.45) is 5.80. The van der Waals surface area contributed by atoms with Crippen molar-refractivity contribution >= 4 is 17.6 Å². The van der Waals surface area contributed by atoms with Crippen molar-refractivity contribution in [2.75, 3.05) is 38.4 Å². The molecule has 4 heterocycles. The molecule has 230 valence electrons. The molecular weight excluding hydrogens is 556 g/mol. The predicted octanol–water partition coefficient (Wildman–Crippen LogP) is 2.85. The number of hydrogen-bond donors (Lipinski definition) is 3. The van der Waals surface area contributed by atoms with Gasteiger partial charge < -0.3 is 34.4 Å². The molecule has 43 heavy (non-hydrogen) atoms. The van der Waals surface area contributed by atoms with Gasteiger partial charge in [0.25, 0.3) is 0 Å². The van der Waals surface area contributed by atoms with Gasteiger partial charge in [0.05, 0.1) is 19.6 Å². The lowest BCUT2D eigenvalue weighted by atomic mass is 9.84. The average Bonchev–Trinajstić information content (AvgIpc) is 3.69. The molecule has 3 atom stereocenters. The molecule has 2 aromatic heterocycles. The highest BCUT2D eigenvalue weighted by molar-refractivity contribution is 5.94. The summed E-state index contributed by atoms with van der Waals surface area (Å²) in [7, 11) is 3.42. The van der Waals surface area contributed by atoms with Crippen molar-refractivity contribution in [3.8, 4) is 29.0 Å². The number of carboxylic acid groups (broad SMARTS) is 1. The van der Waals surface area contributed by atoms with Crippen LogP contribution in [0, 0.1) is 5.92 Å². The summed E-state index contributed by atoms with van der Waals surface area (Å²) in [5.74, 6) is -1.36. The summed E-state index contributed by atoms with van der Waals surface area (Å²) in [4.78, 5) is 30.6. The summed E-state index contributed by atoms with van der Waals surface area (Å²) in [5.41, 5.74) is 1.48. The van der Waals surface area contributed by atoms with Gasteiger partial charge in [0, 0.05) is 49.8 Å². The van der Waals surface area contributed by atoms with Gasteiger partial charge in [-0.2, -0.15) is 0 Å². The maximum Gasteiger partial charge on any atom is 0.308 e. The molecule has 1 aromatic carbocycles. The van der Waals surface area contributed by atoms with Crippen LogP contribution in [0.4, 0.5) is 5.69 Å². The van der Waals surface area contributed by atoms with Crippen molar-refractivity contribution < 1.29 is 43.7 Å². The zero-order chi connectivity index (χ0) is 30.7. The molecule has 0 spiro atoms. The number of aliphatic carboxylic acids is 1. The third-order valence-electron chi connectivity index (χ3n) is 8.34. The molecule has 1 saturated heterocycles. The average molecular weight is 596 g/mol. The minimum absolute atomic E-state index is 0.00139. The maximum atomic E-state index is 14.0. The van der Waals surface area contributed by atoms with Gasteiger partial charge in [-0.3, -0.25) is 19.1 Å². The number of fused-ring (bicyclic) bond motifs is 1. The zero-order valence-electron chi connectivity index (χ0n) is 24.7. The second-order valence-electron chi connectivity index (χ2n) is 11.0. The molecular formula is C31H39N4O8+. The number of carbonyl (C=O) groups excluding carboxylic acids is 1. The standard InChI is InChI=1S/C31H38N4O8/c1-4-5-12-34(21-7-6-11-32(2)16-21)28(38)18-33-17-22(20-14-24(41-3)30-25(15-20)42-19-43-30)29(31(39)40)23(33)10-13-35-26(36)8-9-27(35)37/h6-9,11,14-16,22-23,29H,4-5,10,12-13,17-19H2,1-3H3,(H2-,36,37,39,40)/p+1/t22-,23+,29-/m1/s1.